The van der Waals surface area contributed by atoms with E-state index >= 15 is 0 Å². The van der Waals surface area contributed by atoms with Gasteiger partial charge < -0.3 is 14.4 Å². The Hall–Kier alpha value is -1.88. The molecule has 1 heterocycles. The summed E-state index contributed by atoms with van der Waals surface area (Å²) in [4.78, 5) is 14.6. The molecule has 0 N–H and O–H groups in total. The van der Waals surface area contributed by atoms with Crippen LogP contribution < -0.4 is 0 Å². The third-order valence-electron chi connectivity index (χ3n) is 4.06. The van der Waals surface area contributed by atoms with Gasteiger partial charge in [0.1, 0.15) is 6.10 Å². The van der Waals surface area contributed by atoms with Gasteiger partial charge in [-0.1, -0.05) is 35.9 Å². The fourth-order valence-corrected chi connectivity index (χ4v) is 3.08. The van der Waals surface area contributed by atoms with E-state index in [0.717, 1.165) is 11.1 Å². The minimum Gasteiger partial charge on any atom is -0.380 e. The molecule has 5 heteroatoms. The van der Waals surface area contributed by atoms with Crippen LogP contribution in [-0.2, 0) is 16.1 Å². The second-order valence-electron chi connectivity index (χ2n) is 5.80. The molecule has 1 aliphatic rings. The van der Waals surface area contributed by atoms with Crippen LogP contribution >= 0.6 is 11.6 Å². The number of ether oxygens (including phenoxy) is 2. The molecule has 3 rings (SSSR count). The molecule has 24 heavy (non-hydrogen) atoms. The minimum absolute atomic E-state index is 0.0169. The van der Waals surface area contributed by atoms with Crippen LogP contribution in [0.4, 0.5) is 0 Å². The van der Waals surface area contributed by atoms with E-state index in [4.69, 9.17) is 21.1 Å². The number of carbonyl (C=O) groups is 1. The largest absolute Gasteiger partial charge is 0.380 e. The van der Waals surface area contributed by atoms with Crippen molar-refractivity contribution in [2.75, 3.05) is 26.8 Å². The molecule has 0 spiro atoms. The first-order valence-electron chi connectivity index (χ1n) is 7.91. The molecule has 0 aromatic heterocycles. The molecule has 0 radical (unpaired) electrons. The smallest absolute Gasteiger partial charge is 0.254 e. The Morgan fingerprint density at radius 1 is 1.29 bits per heavy atom. The maximum atomic E-state index is 12.8. The van der Waals surface area contributed by atoms with Gasteiger partial charge in [-0.25, -0.2) is 0 Å². The SMILES string of the molecule is COCc1cccc(C(=O)N2CCO[C@H](c3cccc(Cl)c3)C2)c1. The van der Waals surface area contributed by atoms with E-state index < -0.39 is 0 Å². The lowest BCUT2D eigenvalue weighted by Crippen LogP contribution is -2.42. The zero-order valence-electron chi connectivity index (χ0n) is 13.6. The van der Waals surface area contributed by atoms with Crippen molar-refractivity contribution in [1.29, 1.82) is 0 Å². The molecule has 0 unspecified atom stereocenters. The third-order valence-corrected chi connectivity index (χ3v) is 4.29. The molecule has 2 aromatic rings. The van der Waals surface area contributed by atoms with Gasteiger partial charge >= 0.3 is 0 Å². The molecule has 4 nitrogen and oxygen atoms in total. The molecule has 1 amide bonds. The van der Waals surface area contributed by atoms with E-state index in [1.165, 1.54) is 0 Å². The summed E-state index contributed by atoms with van der Waals surface area (Å²) < 4.78 is 11.0. The molecule has 0 bridgehead atoms. The average Bonchev–Trinajstić information content (AvgIpc) is 2.62. The van der Waals surface area contributed by atoms with Gasteiger partial charge in [0.15, 0.2) is 0 Å². The Bertz CT molecular complexity index is 719. The molecular formula is C19H20ClNO3. The minimum atomic E-state index is -0.149. The molecular weight excluding hydrogens is 326 g/mol. The second-order valence-corrected chi connectivity index (χ2v) is 6.24. The van der Waals surface area contributed by atoms with Gasteiger partial charge in [-0.3, -0.25) is 4.79 Å². The van der Waals surface area contributed by atoms with Crippen LogP contribution in [0.5, 0.6) is 0 Å². The molecule has 1 fully saturated rings. The molecule has 0 saturated carbocycles. The Morgan fingerprint density at radius 3 is 2.92 bits per heavy atom. The van der Waals surface area contributed by atoms with Crippen molar-refractivity contribution in [2.45, 2.75) is 12.7 Å². The predicted molar refractivity (Wildman–Crippen MR) is 93.2 cm³/mol. The number of hydrogen-bond donors (Lipinski definition) is 0. The number of rotatable bonds is 4. The van der Waals surface area contributed by atoms with Crippen molar-refractivity contribution in [3.63, 3.8) is 0 Å². The quantitative estimate of drug-likeness (QED) is 0.848. The topological polar surface area (TPSA) is 38.8 Å². The van der Waals surface area contributed by atoms with Crippen molar-refractivity contribution in [2.24, 2.45) is 0 Å². The lowest BCUT2D eigenvalue weighted by atomic mass is 10.1. The summed E-state index contributed by atoms with van der Waals surface area (Å²) in [7, 11) is 1.64. The molecule has 0 aliphatic carbocycles. The van der Waals surface area contributed by atoms with Crippen LogP contribution in [0, 0.1) is 0 Å². The highest BCUT2D eigenvalue weighted by molar-refractivity contribution is 6.30. The summed E-state index contributed by atoms with van der Waals surface area (Å²) >= 11 is 6.06. The van der Waals surface area contributed by atoms with E-state index in [0.29, 0.717) is 36.9 Å². The summed E-state index contributed by atoms with van der Waals surface area (Å²) in [5, 5.41) is 0.673. The fourth-order valence-electron chi connectivity index (χ4n) is 2.89. The van der Waals surface area contributed by atoms with Gasteiger partial charge in [0.05, 0.1) is 19.8 Å². The van der Waals surface area contributed by atoms with Crippen LogP contribution in [0.1, 0.15) is 27.6 Å². The highest BCUT2D eigenvalue weighted by Crippen LogP contribution is 2.25. The highest BCUT2D eigenvalue weighted by atomic mass is 35.5. The first-order chi connectivity index (χ1) is 11.7. The zero-order chi connectivity index (χ0) is 16.9. The van der Waals surface area contributed by atoms with E-state index in [1.807, 2.05) is 53.4 Å². The van der Waals surface area contributed by atoms with Crippen LogP contribution in [0.25, 0.3) is 0 Å². The van der Waals surface area contributed by atoms with Crippen LogP contribution in [0.15, 0.2) is 48.5 Å². The first kappa shape index (κ1) is 17.0. The lowest BCUT2D eigenvalue weighted by Gasteiger charge is -2.33. The Balaban J connectivity index is 1.74. The first-order valence-corrected chi connectivity index (χ1v) is 8.29. The maximum absolute atomic E-state index is 12.8. The van der Waals surface area contributed by atoms with Gasteiger partial charge in [-0.2, -0.15) is 0 Å². The lowest BCUT2D eigenvalue weighted by molar-refractivity contribution is -0.0228. The summed E-state index contributed by atoms with van der Waals surface area (Å²) in [6.45, 7) is 2.12. The number of morpholine rings is 1. The fraction of sp³-hybridized carbons (Fsp3) is 0.316. The van der Waals surface area contributed by atoms with E-state index in [1.54, 1.807) is 7.11 Å². The van der Waals surface area contributed by atoms with E-state index in [2.05, 4.69) is 0 Å². The number of amides is 1. The van der Waals surface area contributed by atoms with Crippen LogP contribution in [0.3, 0.4) is 0 Å². The van der Waals surface area contributed by atoms with E-state index in [-0.39, 0.29) is 12.0 Å². The van der Waals surface area contributed by atoms with Gasteiger partial charge in [0.25, 0.3) is 5.91 Å². The maximum Gasteiger partial charge on any atom is 0.254 e. The number of carbonyl (C=O) groups excluding carboxylic acids is 1. The van der Waals surface area contributed by atoms with Gasteiger partial charge in [0.2, 0.25) is 0 Å². The number of nitrogens with zero attached hydrogens (tertiary/aromatic N) is 1. The summed E-state index contributed by atoms with van der Waals surface area (Å²) in [5.74, 6) is 0.0169. The predicted octanol–water partition coefficient (Wildman–Crippen LogP) is 3.70. The zero-order valence-corrected chi connectivity index (χ0v) is 14.3. The average molecular weight is 346 g/mol. The van der Waals surface area contributed by atoms with Crippen molar-refractivity contribution in [3.05, 3.63) is 70.2 Å². The highest BCUT2D eigenvalue weighted by Gasteiger charge is 2.26. The number of benzene rings is 2. The summed E-state index contributed by atoms with van der Waals surface area (Å²) in [6, 6.07) is 15.2. The van der Waals surface area contributed by atoms with Gasteiger partial charge in [-0.15, -0.1) is 0 Å². The third kappa shape index (κ3) is 3.96. The number of methoxy groups -OCH3 is 1. The van der Waals surface area contributed by atoms with Crippen molar-refractivity contribution < 1.29 is 14.3 Å². The van der Waals surface area contributed by atoms with Crippen LogP contribution in [-0.4, -0.2) is 37.6 Å². The van der Waals surface area contributed by atoms with Gasteiger partial charge in [0, 0.05) is 24.2 Å². The van der Waals surface area contributed by atoms with Crippen LogP contribution in [0.2, 0.25) is 5.02 Å². The number of hydrogen-bond acceptors (Lipinski definition) is 3. The van der Waals surface area contributed by atoms with Gasteiger partial charge in [-0.05, 0) is 35.4 Å². The van der Waals surface area contributed by atoms with E-state index in [9.17, 15) is 4.79 Å². The normalized spacial score (nSPS) is 17.8. The molecule has 2 aromatic carbocycles. The van der Waals surface area contributed by atoms with Crippen molar-refractivity contribution >= 4 is 17.5 Å². The Kier molecular flexibility index (Phi) is 5.51. The van der Waals surface area contributed by atoms with Crippen molar-refractivity contribution in [1.82, 2.24) is 4.90 Å². The summed E-state index contributed by atoms with van der Waals surface area (Å²) in [5.41, 5.74) is 2.66. The monoisotopic (exact) mass is 345 g/mol. The molecule has 1 saturated heterocycles. The standard InChI is InChI=1S/C19H20ClNO3/c1-23-13-14-4-2-6-16(10-14)19(22)21-8-9-24-18(12-21)15-5-3-7-17(20)11-15/h2-7,10-11,18H,8-9,12-13H2,1H3/t18-/m0/s1. The summed E-state index contributed by atoms with van der Waals surface area (Å²) in [6.07, 6.45) is -0.149. The molecule has 1 atom stereocenters. The number of halogens is 1. The molecule has 126 valence electrons. The molecule has 1 aliphatic heterocycles. The second kappa shape index (κ2) is 7.79. The Morgan fingerprint density at radius 2 is 2.12 bits per heavy atom. The van der Waals surface area contributed by atoms with Crippen molar-refractivity contribution in [3.8, 4) is 0 Å². The Labute approximate surface area is 146 Å².